The second kappa shape index (κ2) is 6.90. The maximum absolute atomic E-state index is 12.2. The molecule has 138 valence electrons. The number of aliphatic imine (C=N–C) groups is 1. The molecule has 1 aliphatic heterocycles. The topological polar surface area (TPSA) is 66.0 Å². The first-order chi connectivity index (χ1) is 11.1. The van der Waals surface area contributed by atoms with Crippen molar-refractivity contribution in [3.8, 4) is 0 Å². The molecule has 1 aliphatic carbocycles. The summed E-state index contributed by atoms with van der Waals surface area (Å²) in [5, 5.41) is 6.56. The number of carbonyl (C=O) groups is 1. The van der Waals surface area contributed by atoms with Crippen molar-refractivity contribution in [2.75, 3.05) is 27.2 Å². The zero-order chi connectivity index (χ0) is 18.1. The molecular formula is C18H34N4O2. The summed E-state index contributed by atoms with van der Waals surface area (Å²) in [4.78, 5) is 18.4. The van der Waals surface area contributed by atoms with E-state index in [-0.39, 0.29) is 23.4 Å². The fourth-order valence-electron chi connectivity index (χ4n) is 4.05. The third kappa shape index (κ3) is 4.02. The molecule has 0 bridgehead atoms. The molecule has 3 atom stereocenters. The van der Waals surface area contributed by atoms with Crippen LogP contribution in [0.15, 0.2) is 4.99 Å². The van der Waals surface area contributed by atoms with Crippen LogP contribution in [0, 0.1) is 11.3 Å². The fraction of sp³-hybridized carbons (Fsp3) is 0.889. The number of fused-ring (bicyclic) bond motifs is 1. The highest BCUT2D eigenvalue weighted by molar-refractivity contribution is 5.86. The van der Waals surface area contributed by atoms with Crippen LogP contribution >= 0.6 is 0 Å². The molecule has 6 heteroatoms. The second-order valence-electron chi connectivity index (χ2n) is 8.74. The quantitative estimate of drug-likeness (QED) is 0.606. The summed E-state index contributed by atoms with van der Waals surface area (Å²) < 4.78 is 5.96. The molecule has 0 aromatic heterocycles. The Kier molecular flexibility index (Phi) is 5.47. The molecular weight excluding hydrogens is 304 g/mol. The Morgan fingerprint density at radius 1 is 1.38 bits per heavy atom. The first-order valence-corrected chi connectivity index (χ1v) is 8.93. The highest BCUT2D eigenvalue weighted by atomic mass is 16.5. The van der Waals surface area contributed by atoms with Crippen LogP contribution in [0.2, 0.25) is 0 Å². The predicted molar refractivity (Wildman–Crippen MR) is 97.1 cm³/mol. The molecule has 3 unspecified atom stereocenters. The van der Waals surface area contributed by atoms with Crippen LogP contribution in [0.4, 0.5) is 0 Å². The van der Waals surface area contributed by atoms with Gasteiger partial charge in [-0.3, -0.25) is 9.79 Å². The minimum absolute atomic E-state index is 0.000282. The second-order valence-corrected chi connectivity index (χ2v) is 8.74. The van der Waals surface area contributed by atoms with Crippen molar-refractivity contribution in [1.82, 2.24) is 15.5 Å². The predicted octanol–water partition coefficient (Wildman–Crippen LogP) is 1.61. The third-order valence-electron chi connectivity index (χ3n) is 5.08. The van der Waals surface area contributed by atoms with E-state index in [9.17, 15) is 4.79 Å². The summed E-state index contributed by atoms with van der Waals surface area (Å²) in [7, 11) is 3.67. The van der Waals surface area contributed by atoms with Gasteiger partial charge in [-0.2, -0.15) is 0 Å². The Labute approximate surface area is 146 Å². The molecule has 1 saturated heterocycles. The number of rotatable bonds is 3. The monoisotopic (exact) mass is 338 g/mol. The largest absolute Gasteiger partial charge is 0.377 e. The van der Waals surface area contributed by atoms with Crippen molar-refractivity contribution in [3.63, 3.8) is 0 Å². The number of hydrogen-bond acceptors (Lipinski definition) is 3. The van der Waals surface area contributed by atoms with Gasteiger partial charge in [-0.05, 0) is 33.6 Å². The maximum Gasteiger partial charge on any atom is 0.240 e. The number of carbonyl (C=O) groups excluding carboxylic acids is 1. The molecule has 1 heterocycles. The SMILES string of the molecule is CN=C(NC1C2CCCOC2C1(C)C)N(C)CC(=O)NC(C)(C)C. The van der Waals surface area contributed by atoms with E-state index >= 15 is 0 Å². The van der Waals surface area contributed by atoms with Crippen molar-refractivity contribution in [2.24, 2.45) is 16.3 Å². The lowest BCUT2D eigenvalue weighted by molar-refractivity contribution is -0.188. The molecule has 2 rings (SSSR count). The first kappa shape index (κ1) is 19.0. The summed E-state index contributed by atoms with van der Waals surface area (Å²) >= 11 is 0. The van der Waals surface area contributed by atoms with E-state index in [0.29, 0.717) is 18.1 Å². The fourth-order valence-corrected chi connectivity index (χ4v) is 4.05. The Morgan fingerprint density at radius 2 is 2.04 bits per heavy atom. The van der Waals surface area contributed by atoms with E-state index in [1.165, 1.54) is 6.42 Å². The summed E-state index contributed by atoms with van der Waals surface area (Å²) in [6, 6.07) is 0.328. The van der Waals surface area contributed by atoms with Gasteiger partial charge in [0.2, 0.25) is 5.91 Å². The molecule has 1 amide bonds. The van der Waals surface area contributed by atoms with Crippen LogP contribution in [-0.2, 0) is 9.53 Å². The van der Waals surface area contributed by atoms with Crippen LogP contribution in [0.1, 0.15) is 47.5 Å². The Balaban J connectivity index is 1.95. The minimum Gasteiger partial charge on any atom is -0.377 e. The standard InChI is InChI=1S/C18H34N4O2/c1-17(2,3)21-13(23)11-22(7)16(19-6)20-14-12-9-8-10-24-15(12)18(14,4)5/h12,14-15H,8-11H2,1-7H3,(H,19,20)(H,21,23). The van der Waals surface area contributed by atoms with Crippen LogP contribution in [0.25, 0.3) is 0 Å². The molecule has 24 heavy (non-hydrogen) atoms. The van der Waals surface area contributed by atoms with E-state index < -0.39 is 0 Å². The number of likely N-dealkylation sites (N-methyl/N-ethyl adjacent to an activating group) is 1. The summed E-state index contributed by atoms with van der Waals surface area (Å²) in [5.41, 5.74) is -0.146. The van der Waals surface area contributed by atoms with Crippen LogP contribution in [0.5, 0.6) is 0 Å². The molecule has 0 spiro atoms. The van der Waals surface area contributed by atoms with E-state index in [4.69, 9.17) is 4.74 Å². The van der Waals surface area contributed by atoms with Gasteiger partial charge in [0.15, 0.2) is 5.96 Å². The maximum atomic E-state index is 12.2. The summed E-state index contributed by atoms with van der Waals surface area (Å²) in [6.45, 7) is 11.6. The van der Waals surface area contributed by atoms with Crippen molar-refractivity contribution in [1.29, 1.82) is 0 Å². The van der Waals surface area contributed by atoms with Gasteiger partial charge in [-0.25, -0.2) is 0 Å². The van der Waals surface area contributed by atoms with Gasteiger partial charge in [-0.15, -0.1) is 0 Å². The van der Waals surface area contributed by atoms with E-state index in [0.717, 1.165) is 19.0 Å². The summed E-state index contributed by atoms with van der Waals surface area (Å²) in [6.07, 6.45) is 2.64. The van der Waals surface area contributed by atoms with Gasteiger partial charge in [0, 0.05) is 43.6 Å². The average molecular weight is 338 g/mol. The number of guanidine groups is 1. The van der Waals surface area contributed by atoms with Crippen LogP contribution in [0.3, 0.4) is 0 Å². The smallest absolute Gasteiger partial charge is 0.240 e. The van der Waals surface area contributed by atoms with E-state index in [1.807, 2.05) is 32.7 Å². The van der Waals surface area contributed by atoms with Crippen molar-refractivity contribution < 1.29 is 9.53 Å². The van der Waals surface area contributed by atoms with Gasteiger partial charge < -0.3 is 20.3 Å². The molecule has 6 nitrogen and oxygen atoms in total. The molecule has 0 radical (unpaired) electrons. The Bertz CT molecular complexity index is 496. The number of nitrogens with one attached hydrogen (secondary N) is 2. The van der Waals surface area contributed by atoms with Crippen molar-refractivity contribution in [2.45, 2.75) is 65.1 Å². The van der Waals surface area contributed by atoms with Gasteiger partial charge in [-0.1, -0.05) is 13.8 Å². The van der Waals surface area contributed by atoms with E-state index in [1.54, 1.807) is 7.05 Å². The van der Waals surface area contributed by atoms with Gasteiger partial charge in [0.25, 0.3) is 0 Å². The molecule has 0 aromatic rings. The van der Waals surface area contributed by atoms with Gasteiger partial charge in [0.1, 0.15) is 0 Å². The van der Waals surface area contributed by atoms with E-state index in [2.05, 4.69) is 29.5 Å². The minimum atomic E-state index is -0.225. The van der Waals surface area contributed by atoms with Crippen molar-refractivity contribution in [3.05, 3.63) is 0 Å². The third-order valence-corrected chi connectivity index (χ3v) is 5.08. The Morgan fingerprint density at radius 3 is 2.62 bits per heavy atom. The highest BCUT2D eigenvalue weighted by Gasteiger charge is 2.58. The lowest BCUT2D eigenvalue weighted by atomic mass is 9.55. The number of amides is 1. The molecule has 0 aromatic carbocycles. The molecule has 2 N–H and O–H groups in total. The lowest BCUT2D eigenvalue weighted by Gasteiger charge is -2.60. The zero-order valence-corrected chi connectivity index (χ0v) is 16.3. The number of hydrogen-bond donors (Lipinski definition) is 2. The van der Waals surface area contributed by atoms with Gasteiger partial charge >= 0.3 is 0 Å². The molecule has 1 saturated carbocycles. The van der Waals surface area contributed by atoms with Crippen LogP contribution in [-0.4, -0.2) is 61.7 Å². The zero-order valence-electron chi connectivity index (χ0n) is 16.3. The molecule has 2 aliphatic rings. The molecule has 2 fully saturated rings. The number of ether oxygens (including phenoxy) is 1. The van der Waals surface area contributed by atoms with Crippen LogP contribution < -0.4 is 10.6 Å². The lowest BCUT2D eigenvalue weighted by Crippen LogP contribution is -2.71. The summed E-state index contributed by atoms with van der Waals surface area (Å²) in [5.74, 6) is 1.29. The average Bonchev–Trinajstić information content (AvgIpc) is 2.45. The first-order valence-electron chi connectivity index (χ1n) is 8.93. The van der Waals surface area contributed by atoms with Crippen molar-refractivity contribution >= 4 is 11.9 Å². The highest BCUT2D eigenvalue weighted by Crippen LogP contribution is 2.51. The van der Waals surface area contributed by atoms with Gasteiger partial charge in [0.05, 0.1) is 12.6 Å². The number of nitrogens with zero attached hydrogens (tertiary/aromatic N) is 2. The Hall–Kier alpha value is -1.30. The normalized spacial score (nSPS) is 29.3.